The fourth-order valence-corrected chi connectivity index (χ4v) is 1.78. The number of rotatable bonds is 14. The van der Waals surface area contributed by atoms with E-state index in [2.05, 4.69) is 27.0 Å². The molecule has 0 spiro atoms. The van der Waals surface area contributed by atoms with E-state index in [1.807, 2.05) is 13.8 Å². The van der Waals surface area contributed by atoms with Gasteiger partial charge in [0.1, 0.15) is 0 Å². The molecule has 0 aromatic rings. The zero-order chi connectivity index (χ0) is 16.1. The Balaban J connectivity index is 3.32. The summed E-state index contributed by atoms with van der Waals surface area (Å²) in [6, 6.07) is 0. The third-order valence-corrected chi connectivity index (χ3v) is 3.03. The van der Waals surface area contributed by atoms with Gasteiger partial charge in [0.2, 0.25) is 0 Å². The zero-order valence-corrected chi connectivity index (χ0v) is 14.5. The van der Waals surface area contributed by atoms with Gasteiger partial charge in [-0.25, -0.2) is 0 Å². The van der Waals surface area contributed by atoms with Crippen LogP contribution in [0.15, 0.2) is 24.3 Å². The SMILES string of the molecule is C=C(C)COC(C)CCCOCCCC(C)OCC(=C)C. The van der Waals surface area contributed by atoms with Gasteiger partial charge in [0.05, 0.1) is 25.4 Å². The highest BCUT2D eigenvalue weighted by molar-refractivity contribution is 4.88. The first kappa shape index (κ1) is 20.4. The van der Waals surface area contributed by atoms with Crippen LogP contribution in [0.4, 0.5) is 0 Å². The molecule has 0 bridgehead atoms. The maximum atomic E-state index is 5.64. The molecule has 3 heteroatoms. The summed E-state index contributed by atoms with van der Waals surface area (Å²) < 4.78 is 16.9. The predicted octanol–water partition coefficient (Wildman–Crippen LogP) is 4.53. The van der Waals surface area contributed by atoms with E-state index in [4.69, 9.17) is 14.2 Å². The molecule has 0 heterocycles. The minimum atomic E-state index is 0.279. The molecule has 0 fully saturated rings. The molecule has 21 heavy (non-hydrogen) atoms. The van der Waals surface area contributed by atoms with Gasteiger partial charge in [-0.1, -0.05) is 24.3 Å². The molecule has 0 aliphatic carbocycles. The third-order valence-electron chi connectivity index (χ3n) is 3.03. The molecular weight excluding hydrogens is 264 g/mol. The van der Waals surface area contributed by atoms with Crippen LogP contribution in [-0.2, 0) is 14.2 Å². The topological polar surface area (TPSA) is 27.7 Å². The molecule has 0 N–H and O–H groups in total. The molecule has 0 aliphatic heterocycles. The van der Waals surface area contributed by atoms with E-state index >= 15 is 0 Å². The van der Waals surface area contributed by atoms with Crippen molar-refractivity contribution in [3.8, 4) is 0 Å². The van der Waals surface area contributed by atoms with Crippen molar-refractivity contribution in [1.82, 2.24) is 0 Å². The van der Waals surface area contributed by atoms with Gasteiger partial charge in [0.25, 0.3) is 0 Å². The van der Waals surface area contributed by atoms with Gasteiger partial charge in [0.15, 0.2) is 0 Å². The average molecular weight is 298 g/mol. The fourth-order valence-electron chi connectivity index (χ4n) is 1.78. The standard InChI is InChI=1S/C18H34O3/c1-15(2)13-20-17(5)9-7-11-19-12-8-10-18(6)21-14-16(3)4/h17-18H,1,3,7-14H2,2,4-6H3. The van der Waals surface area contributed by atoms with Crippen molar-refractivity contribution in [2.45, 2.75) is 65.6 Å². The highest BCUT2D eigenvalue weighted by atomic mass is 16.5. The van der Waals surface area contributed by atoms with Gasteiger partial charge in [-0.15, -0.1) is 0 Å². The van der Waals surface area contributed by atoms with Crippen LogP contribution in [0.5, 0.6) is 0 Å². The van der Waals surface area contributed by atoms with Crippen LogP contribution in [0.25, 0.3) is 0 Å². The van der Waals surface area contributed by atoms with Crippen LogP contribution in [-0.4, -0.2) is 38.6 Å². The first-order valence-corrected chi connectivity index (χ1v) is 8.01. The Morgan fingerprint density at radius 1 is 0.810 bits per heavy atom. The lowest BCUT2D eigenvalue weighted by Gasteiger charge is -2.14. The Morgan fingerprint density at radius 2 is 1.19 bits per heavy atom. The predicted molar refractivity (Wildman–Crippen MR) is 89.7 cm³/mol. The Bertz CT molecular complexity index is 258. The molecule has 2 atom stereocenters. The Labute approximate surface area is 131 Å². The van der Waals surface area contributed by atoms with Crippen LogP contribution in [0.3, 0.4) is 0 Å². The maximum Gasteiger partial charge on any atom is 0.0675 e. The molecule has 0 aliphatic rings. The van der Waals surface area contributed by atoms with Crippen LogP contribution in [0.2, 0.25) is 0 Å². The summed E-state index contributed by atoms with van der Waals surface area (Å²) in [5.74, 6) is 0. The molecule has 124 valence electrons. The molecule has 3 nitrogen and oxygen atoms in total. The van der Waals surface area contributed by atoms with Gasteiger partial charge in [-0.3, -0.25) is 0 Å². The zero-order valence-electron chi connectivity index (χ0n) is 14.5. The van der Waals surface area contributed by atoms with E-state index in [9.17, 15) is 0 Å². The van der Waals surface area contributed by atoms with Crippen molar-refractivity contribution >= 4 is 0 Å². The summed E-state index contributed by atoms with van der Waals surface area (Å²) in [4.78, 5) is 0. The lowest BCUT2D eigenvalue weighted by molar-refractivity contribution is 0.0519. The summed E-state index contributed by atoms with van der Waals surface area (Å²) in [6.07, 6.45) is 4.70. The molecule has 0 rings (SSSR count). The monoisotopic (exact) mass is 298 g/mol. The van der Waals surface area contributed by atoms with Gasteiger partial charge in [0, 0.05) is 13.2 Å². The number of ether oxygens (including phenoxy) is 3. The van der Waals surface area contributed by atoms with E-state index in [0.29, 0.717) is 13.2 Å². The Morgan fingerprint density at radius 3 is 1.52 bits per heavy atom. The van der Waals surface area contributed by atoms with Crippen molar-refractivity contribution in [3.05, 3.63) is 24.3 Å². The second-order valence-electron chi connectivity index (χ2n) is 6.05. The second-order valence-corrected chi connectivity index (χ2v) is 6.05. The Kier molecular flexibility index (Phi) is 12.7. The van der Waals surface area contributed by atoms with E-state index in [1.54, 1.807) is 0 Å². The van der Waals surface area contributed by atoms with Gasteiger partial charge < -0.3 is 14.2 Å². The highest BCUT2D eigenvalue weighted by Gasteiger charge is 2.03. The lowest BCUT2D eigenvalue weighted by Crippen LogP contribution is -2.12. The van der Waals surface area contributed by atoms with Crippen molar-refractivity contribution in [2.75, 3.05) is 26.4 Å². The molecule has 0 saturated heterocycles. The van der Waals surface area contributed by atoms with Crippen LogP contribution in [0.1, 0.15) is 53.4 Å². The van der Waals surface area contributed by atoms with Crippen molar-refractivity contribution < 1.29 is 14.2 Å². The second kappa shape index (κ2) is 13.1. The smallest absolute Gasteiger partial charge is 0.0675 e. The highest BCUT2D eigenvalue weighted by Crippen LogP contribution is 2.06. The van der Waals surface area contributed by atoms with Crippen molar-refractivity contribution in [3.63, 3.8) is 0 Å². The summed E-state index contributed by atoms with van der Waals surface area (Å²) in [6.45, 7) is 18.8. The Hall–Kier alpha value is -0.640. The van der Waals surface area contributed by atoms with E-state index in [-0.39, 0.29) is 12.2 Å². The molecule has 0 aromatic heterocycles. The normalized spacial score (nSPS) is 13.9. The summed E-state index contributed by atoms with van der Waals surface area (Å²) in [5, 5.41) is 0. The quantitative estimate of drug-likeness (QED) is 0.348. The summed E-state index contributed by atoms with van der Waals surface area (Å²) in [5.41, 5.74) is 2.14. The number of hydrogen-bond acceptors (Lipinski definition) is 3. The van der Waals surface area contributed by atoms with Crippen LogP contribution in [0, 0.1) is 0 Å². The molecule has 2 unspecified atom stereocenters. The fraction of sp³-hybridized carbons (Fsp3) is 0.778. The van der Waals surface area contributed by atoms with Gasteiger partial charge >= 0.3 is 0 Å². The van der Waals surface area contributed by atoms with E-state index in [0.717, 1.165) is 50.0 Å². The minimum absolute atomic E-state index is 0.279. The first-order valence-electron chi connectivity index (χ1n) is 8.01. The van der Waals surface area contributed by atoms with Crippen LogP contribution < -0.4 is 0 Å². The van der Waals surface area contributed by atoms with E-state index in [1.165, 1.54) is 0 Å². The van der Waals surface area contributed by atoms with Crippen LogP contribution >= 0.6 is 0 Å². The largest absolute Gasteiger partial charge is 0.381 e. The molecule has 0 radical (unpaired) electrons. The summed E-state index contributed by atoms with van der Waals surface area (Å²) >= 11 is 0. The lowest BCUT2D eigenvalue weighted by atomic mass is 10.2. The van der Waals surface area contributed by atoms with Gasteiger partial charge in [-0.05, 0) is 53.4 Å². The molecule has 0 amide bonds. The van der Waals surface area contributed by atoms with E-state index < -0.39 is 0 Å². The first-order chi connectivity index (χ1) is 9.91. The summed E-state index contributed by atoms with van der Waals surface area (Å²) in [7, 11) is 0. The molecular formula is C18H34O3. The third kappa shape index (κ3) is 15.6. The van der Waals surface area contributed by atoms with Crippen molar-refractivity contribution in [2.24, 2.45) is 0 Å². The maximum absolute atomic E-state index is 5.64. The average Bonchev–Trinajstić information content (AvgIpc) is 2.41. The molecule has 0 aromatic carbocycles. The molecule has 0 saturated carbocycles. The minimum Gasteiger partial charge on any atom is -0.381 e. The van der Waals surface area contributed by atoms with Gasteiger partial charge in [-0.2, -0.15) is 0 Å². The van der Waals surface area contributed by atoms with Crippen molar-refractivity contribution in [1.29, 1.82) is 0 Å². The number of hydrogen-bond donors (Lipinski definition) is 0.